The van der Waals surface area contributed by atoms with Gasteiger partial charge in [0.15, 0.2) is 6.10 Å². The molecule has 0 radical (unpaired) electrons. The predicted octanol–water partition coefficient (Wildman–Crippen LogP) is 14.9. The molecule has 0 aliphatic rings. The summed E-state index contributed by atoms with van der Waals surface area (Å²) in [5.41, 5.74) is 0. The number of esters is 3. The van der Waals surface area contributed by atoms with Crippen molar-refractivity contribution in [2.75, 3.05) is 13.2 Å². The van der Waals surface area contributed by atoms with Crippen LogP contribution in [0.4, 0.5) is 0 Å². The highest BCUT2D eigenvalue weighted by atomic mass is 16.6. The molecule has 0 amide bonds. The Bertz CT molecular complexity index is 1040. The van der Waals surface area contributed by atoms with E-state index in [-0.39, 0.29) is 31.6 Å². The monoisotopic (exact) mass is 783 g/mol. The lowest BCUT2D eigenvalue weighted by atomic mass is 10.1. The molecule has 1 atom stereocenters. The normalized spacial score (nSPS) is 12.6. The fraction of sp³-hybridized carbons (Fsp3) is 0.740. The van der Waals surface area contributed by atoms with E-state index in [1.807, 2.05) is 12.2 Å². The molecule has 0 aromatic rings. The van der Waals surface area contributed by atoms with Gasteiger partial charge in [0.1, 0.15) is 13.2 Å². The first kappa shape index (κ1) is 53.1. The summed E-state index contributed by atoms with van der Waals surface area (Å²) in [6, 6.07) is 0. The highest BCUT2D eigenvalue weighted by Crippen LogP contribution is 2.13. The van der Waals surface area contributed by atoms with Gasteiger partial charge in [-0.3, -0.25) is 14.4 Å². The summed E-state index contributed by atoms with van der Waals surface area (Å²) in [5.74, 6) is -1.000. The summed E-state index contributed by atoms with van der Waals surface area (Å²) in [7, 11) is 0. The molecule has 6 nitrogen and oxygen atoms in total. The van der Waals surface area contributed by atoms with E-state index < -0.39 is 12.1 Å². The topological polar surface area (TPSA) is 78.9 Å². The highest BCUT2D eigenvalue weighted by molar-refractivity contribution is 5.71. The third-order valence-corrected chi connectivity index (χ3v) is 9.77. The molecule has 0 saturated heterocycles. The zero-order valence-electron chi connectivity index (χ0n) is 36.6. The van der Waals surface area contributed by atoms with Gasteiger partial charge in [-0.1, -0.05) is 191 Å². The van der Waals surface area contributed by atoms with Gasteiger partial charge < -0.3 is 14.2 Å². The van der Waals surface area contributed by atoms with E-state index >= 15 is 0 Å². The number of unbranched alkanes of at least 4 members (excludes halogenated alkanes) is 20. The van der Waals surface area contributed by atoms with Gasteiger partial charge in [0, 0.05) is 19.3 Å². The second kappa shape index (κ2) is 44.8. The molecule has 1 unspecified atom stereocenters. The fourth-order valence-electron chi connectivity index (χ4n) is 6.27. The van der Waals surface area contributed by atoms with Crippen LogP contribution in [-0.4, -0.2) is 37.2 Å². The van der Waals surface area contributed by atoms with Gasteiger partial charge in [-0.25, -0.2) is 0 Å². The Hall–Kier alpha value is -2.89. The Balaban J connectivity index is 4.44. The lowest BCUT2D eigenvalue weighted by molar-refractivity contribution is -0.166. The van der Waals surface area contributed by atoms with Crippen molar-refractivity contribution < 1.29 is 28.6 Å². The summed E-state index contributed by atoms with van der Waals surface area (Å²) in [4.78, 5) is 37.7. The summed E-state index contributed by atoms with van der Waals surface area (Å²) in [6.45, 7) is 6.42. The Morgan fingerprint density at radius 1 is 0.375 bits per heavy atom. The van der Waals surface area contributed by atoms with Crippen LogP contribution >= 0.6 is 0 Å². The van der Waals surface area contributed by atoms with E-state index in [0.717, 1.165) is 70.6 Å². The molecular formula is C50H86O6. The number of hydrogen-bond donors (Lipinski definition) is 0. The van der Waals surface area contributed by atoms with Gasteiger partial charge >= 0.3 is 17.9 Å². The molecule has 0 heterocycles. The number of ether oxygens (including phenoxy) is 3. The zero-order chi connectivity index (χ0) is 40.8. The van der Waals surface area contributed by atoms with Crippen LogP contribution < -0.4 is 0 Å². The minimum Gasteiger partial charge on any atom is -0.462 e. The number of carbonyl (C=O) groups excluding carboxylic acids is 3. The molecule has 6 heteroatoms. The molecule has 0 aromatic carbocycles. The minimum absolute atomic E-state index is 0.104. The van der Waals surface area contributed by atoms with Gasteiger partial charge in [0.05, 0.1) is 0 Å². The van der Waals surface area contributed by atoms with Crippen molar-refractivity contribution in [1.82, 2.24) is 0 Å². The van der Waals surface area contributed by atoms with E-state index in [0.29, 0.717) is 19.3 Å². The van der Waals surface area contributed by atoms with Gasteiger partial charge in [-0.05, 0) is 70.6 Å². The Labute approximate surface area is 345 Å². The summed E-state index contributed by atoms with van der Waals surface area (Å²) < 4.78 is 16.6. The highest BCUT2D eigenvalue weighted by Gasteiger charge is 2.19. The molecular weight excluding hydrogens is 697 g/mol. The van der Waals surface area contributed by atoms with Crippen LogP contribution in [0.3, 0.4) is 0 Å². The standard InChI is InChI=1S/C50H86O6/c1-4-7-10-13-16-19-21-23-24-25-27-28-31-34-37-40-43-49(52)55-46-47(45-54-48(51)42-39-36-33-30-18-15-12-9-6-3)56-50(53)44-41-38-35-32-29-26-22-20-17-14-11-8-5-2/h8,11,17,20,24-26,29,35,38,47H,4-7,9-10,12-16,18-19,21-23,27-28,30-34,36-37,39-46H2,1-3H3/b11-8-,20-17-,25-24-,29-26-,38-35-. The largest absolute Gasteiger partial charge is 0.462 e. The molecule has 0 N–H and O–H groups in total. The smallest absolute Gasteiger partial charge is 0.306 e. The first-order chi connectivity index (χ1) is 27.5. The van der Waals surface area contributed by atoms with E-state index in [1.165, 1.54) is 103 Å². The van der Waals surface area contributed by atoms with Gasteiger partial charge in [0.2, 0.25) is 0 Å². The van der Waals surface area contributed by atoms with E-state index in [4.69, 9.17) is 14.2 Å². The quantitative estimate of drug-likeness (QED) is 0.0266. The third-order valence-electron chi connectivity index (χ3n) is 9.77. The molecule has 0 aromatic heterocycles. The maximum Gasteiger partial charge on any atom is 0.306 e. The van der Waals surface area contributed by atoms with Gasteiger partial charge in [0.25, 0.3) is 0 Å². The van der Waals surface area contributed by atoms with Crippen molar-refractivity contribution in [3.05, 3.63) is 60.8 Å². The third kappa shape index (κ3) is 42.3. The first-order valence-electron chi connectivity index (χ1n) is 23.3. The van der Waals surface area contributed by atoms with Crippen molar-refractivity contribution in [1.29, 1.82) is 0 Å². The zero-order valence-corrected chi connectivity index (χ0v) is 36.6. The minimum atomic E-state index is -0.810. The predicted molar refractivity (Wildman–Crippen MR) is 238 cm³/mol. The molecule has 322 valence electrons. The Morgan fingerprint density at radius 2 is 0.732 bits per heavy atom. The summed E-state index contributed by atoms with van der Waals surface area (Å²) in [5, 5.41) is 0. The number of allylic oxidation sites excluding steroid dienone is 10. The molecule has 0 fully saturated rings. The molecule has 0 rings (SSSR count). The number of hydrogen-bond acceptors (Lipinski definition) is 6. The van der Waals surface area contributed by atoms with Gasteiger partial charge in [-0.15, -0.1) is 0 Å². The SMILES string of the molecule is CC/C=C\C/C=C\C/C=C\C/C=C\CCC(=O)OC(COC(=O)CCCCCCC/C=C\CCCCCCCCC)COC(=O)CCCCCCCCCCC. The van der Waals surface area contributed by atoms with Crippen LogP contribution in [0.5, 0.6) is 0 Å². The van der Waals surface area contributed by atoms with Crippen molar-refractivity contribution in [3.63, 3.8) is 0 Å². The van der Waals surface area contributed by atoms with Crippen molar-refractivity contribution in [3.8, 4) is 0 Å². The number of carbonyl (C=O) groups is 3. The Kier molecular flexibility index (Phi) is 42.5. The lowest BCUT2D eigenvalue weighted by Crippen LogP contribution is -2.30. The summed E-state index contributed by atoms with van der Waals surface area (Å²) >= 11 is 0. The summed E-state index contributed by atoms with van der Waals surface area (Å²) in [6.07, 6.45) is 53.6. The maximum absolute atomic E-state index is 12.7. The van der Waals surface area contributed by atoms with E-state index in [2.05, 4.69) is 69.4 Å². The van der Waals surface area contributed by atoms with Crippen LogP contribution in [0.1, 0.15) is 220 Å². The van der Waals surface area contributed by atoms with Crippen molar-refractivity contribution in [2.24, 2.45) is 0 Å². The molecule has 0 spiro atoms. The second-order valence-corrected chi connectivity index (χ2v) is 15.3. The Morgan fingerprint density at radius 3 is 1.16 bits per heavy atom. The molecule has 0 aliphatic heterocycles. The van der Waals surface area contributed by atoms with Crippen LogP contribution in [-0.2, 0) is 28.6 Å². The van der Waals surface area contributed by atoms with Gasteiger partial charge in [-0.2, -0.15) is 0 Å². The molecule has 56 heavy (non-hydrogen) atoms. The van der Waals surface area contributed by atoms with Crippen LogP contribution in [0, 0.1) is 0 Å². The fourth-order valence-corrected chi connectivity index (χ4v) is 6.27. The maximum atomic E-state index is 12.7. The first-order valence-corrected chi connectivity index (χ1v) is 23.3. The van der Waals surface area contributed by atoms with Crippen LogP contribution in [0.15, 0.2) is 60.8 Å². The van der Waals surface area contributed by atoms with E-state index in [1.54, 1.807) is 0 Å². The molecule has 0 saturated carbocycles. The van der Waals surface area contributed by atoms with Crippen LogP contribution in [0.2, 0.25) is 0 Å². The van der Waals surface area contributed by atoms with Crippen molar-refractivity contribution in [2.45, 2.75) is 226 Å². The van der Waals surface area contributed by atoms with E-state index in [9.17, 15) is 14.4 Å². The average Bonchev–Trinajstić information content (AvgIpc) is 3.19. The van der Waals surface area contributed by atoms with Crippen molar-refractivity contribution >= 4 is 17.9 Å². The molecule has 0 bridgehead atoms. The number of rotatable bonds is 41. The molecule has 0 aliphatic carbocycles. The lowest BCUT2D eigenvalue weighted by Gasteiger charge is -2.18. The second-order valence-electron chi connectivity index (χ2n) is 15.3. The van der Waals surface area contributed by atoms with Crippen LogP contribution in [0.25, 0.3) is 0 Å². The average molecular weight is 783 g/mol.